The molecule has 0 unspecified atom stereocenters. The minimum absolute atomic E-state index is 0.458. The molecule has 2 aliphatic heterocycles. The molecule has 21 heteroatoms. The Morgan fingerprint density at radius 3 is 1.39 bits per heavy atom. The number of aromatic nitrogens is 4. The van der Waals surface area contributed by atoms with Crippen LogP contribution in [0, 0.1) is 0 Å². The third-order valence-electron chi connectivity index (χ3n) is 11.4. The molecule has 2 N–H and O–H groups in total. The molecule has 3 aromatic carbocycles. The second kappa shape index (κ2) is 25.4. The van der Waals surface area contributed by atoms with Crippen LogP contribution >= 0.6 is 39.1 Å². The number of ether oxygens (including phenoxy) is 4. The van der Waals surface area contributed by atoms with Crippen LogP contribution in [0.2, 0.25) is 0 Å². The minimum atomic E-state index is -1.32. The van der Waals surface area contributed by atoms with E-state index >= 15 is 0 Å². The molecule has 0 bridgehead atoms. The molecule has 2 fully saturated rings. The molecule has 2 aliphatic rings. The van der Waals surface area contributed by atoms with Gasteiger partial charge in [-0.25, -0.2) is 22.8 Å². The van der Waals surface area contributed by atoms with Gasteiger partial charge in [0, 0.05) is 15.6 Å². The van der Waals surface area contributed by atoms with E-state index in [4.69, 9.17) is 42.1 Å². The van der Waals surface area contributed by atoms with Gasteiger partial charge in [-0.15, -0.1) is 0 Å². The average molecular weight is 1130 g/mol. The Balaban J connectivity index is 0.000000207. The van der Waals surface area contributed by atoms with Gasteiger partial charge in [0.15, 0.2) is 4.84 Å². The summed E-state index contributed by atoms with van der Waals surface area (Å²) in [5.41, 5.74) is 2.47. The van der Waals surface area contributed by atoms with E-state index < -0.39 is 102 Å². The van der Waals surface area contributed by atoms with Crippen LogP contribution in [-0.2, 0) is 23.7 Å². The number of carbonyl (C=O) groups is 3. The Morgan fingerprint density at radius 2 is 1.05 bits per heavy atom. The summed E-state index contributed by atoms with van der Waals surface area (Å²) in [6.45, 7) is 15.3. The summed E-state index contributed by atoms with van der Waals surface area (Å²) in [4.78, 5) is 38.1. The van der Waals surface area contributed by atoms with Crippen LogP contribution in [-0.4, -0.2) is 119 Å². The Kier molecular flexibility index (Phi) is 20.4. The standard InChI is InChI=1S/C21H26FN3O3.C17H23BrFNO3.C15H14Cl2FN3O2/c1-20(2,3)28-19(26)25-17(12-22)18(27-21(25,4)5)15-8-6-14(7-9-15)16-10-11-23-24-13-16;1-16(2,3)23-15(21)20-13(10-19)14(22-17(20,4)5)11-6-8-12(18)9-7-11;16-14(17)15(23)21-12(7-18)13(22)10-3-1-9(2-4-10)11-5-6-19-20-8-11/h6-11,13,17-18H,12H2,1-5H3;6-9,13-14H,10H2,1-5H3;1-6,8,12-14,22H,7H2,(H,21,23)/t17-,18-;13-,14-;12-,13-/m111/s1. The van der Waals surface area contributed by atoms with Gasteiger partial charge in [0.1, 0.15) is 61.0 Å². The van der Waals surface area contributed by atoms with Gasteiger partial charge in [0.25, 0.3) is 5.91 Å². The Hall–Kier alpha value is -5.44. The fourth-order valence-corrected chi connectivity index (χ4v) is 8.56. The molecule has 5 aromatic rings. The monoisotopic (exact) mass is 1130 g/mol. The third-order valence-corrected chi connectivity index (χ3v) is 12.4. The molecule has 0 saturated carbocycles. The number of nitrogens with one attached hydrogen (secondary N) is 1. The molecule has 400 valence electrons. The SMILES string of the molecule is CC(C)(C)OC(=O)N1[C@H](CF)[C@@H](c2ccc(-c3ccnnc3)cc2)OC1(C)C.CC(C)(C)OC(=O)N1[C@H](CF)[C@@H](c2ccc(Br)cc2)OC1(C)C.O=C(N[C@H](CF)[C@H](O)c1ccc(-c2ccnnc2)cc1)C(Cl)Cl. The van der Waals surface area contributed by atoms with Gasteiger partial charge in [-0.2, -0.15) is 20.4 Å². The molecule has 6 atom stereocenters. The molecule has 0 spiro atoms. The molecule has 3 amide bonds. The summed E-state index contributed by atoms with van der Waals surface area (Å²) >= 11 is 14.2. The van der Waals surface area contributed by atoms with Crippen molar-refractivity contribution in [3.8, 4) is 22.3 Å². The van der Waals surface area contributed by atoms with Crippen molar-refractivity contribution in [2.45, 2.75) is 133 Å². The van der Waals surface area contributed by atoms with Gasteiger partial charge in [-0.1, -0.05) is 99.8 Å². The lowest BCUT2D eigenvalue weighted by molar-refractivity contribution is -0.121. The first-order valence-corrected chi connectivity index (χ1v) is 25.2. The van der Waals surface area contributed by atoms with Gasteiger partial charge in [-0.3, -0.25) is 14.6 Å². The third kappa shape index (κ3) is 15.8. The Morgan fingerprint density at radius 1 is 0.662 bits per heavy atom. The maximum Gasteiger partial charge on any atom is 0.413 e. The first-order chi connectivity index (χ1) is 34.7. The summed E-state index contributed by atoms with van der Waals surface area (Å²) in [5.74, 6) is -0.755. The van der Waals surface area contributed by atoms with Crippen molar-refractivity contribution >= 4 is 57.2 Å². The van der Waals surface area contributed by atoms with E-state index in [-0.39, 0.29) is 0 Å². The highest BCUT2D eigenvalue weighted by molar-refractivity contribution is 9.10. The summed E-state index contributed by atoms with van der Waals surface area (Å²) in [6, 6.07) is 23.0. The number of benzene rings is 3. The van der Waals surface area contributed by atoms with Crippen molar-refractivity contribution in [1.29, 1.82) is 0 Å². The summed E-state index contributed by atoms with van der Waals surface area (Å²) in [7, 11) is 0. The fraction of sp³-hybridized carbons (Fsp3) is 0.453. The molecule has 74 heavy (non-hydrogen) atoms. The number of halogens is 6. The van der Waals surface area contributed by atoms with Gasteiger partial charge < -0.3 is 29.4 Å². The van der Waals surface area contributed by atoms with E-state index in [2.05, 4.69) is 41.6 Å². The summed E-state index contributed by atoms with van der Waals surface area (Å²) in [5, 5.41) is 27.6. The van der Waals surface area contributed by atoms with Crippen molar-refractivity contribution in [2.24, 2.45) is 0 Å². The lowest BCUT2D eigenvalue weighted by Gasteiger charge is -2.34. The van der Waals surface area contributed by atoms with Crippen LogP contribution in [0.3, 0.4) is 0 Å². The van der Waals surface area contributed by atoms with Gasteiger partial charge in [0.2, 0.25) is 0 Å². The second-order valence-electron chi connectivity index (χ2n) is 20.2. The van der Waals surface area contributed by atoms with Crippen molar-refractivity contribution < 1.29 is 51.6 Å². The molecular weight excluding hydrogens is 1070 g/mol. The number of rotatable bonds is 11. The second-order valence-corrected chi connectivity index (χ2v) is 22.2. The Bertz CT molecular complexity index is 2600. The molecule has 0 aliphatic carbocycles. The fourth-order valence-electron chi connectivity index (χ4n) is 8.17. The number of nitrogens with zero attached hydrogens (tertiary/aromatic N) is 6. The van der Waals surface area contributed by atoms with Gasteiger partial charge in [0.05, 0.1) is 42.9 Å². The molecule has 2 saturated heterocycles. The van der Waals surface area contributed by atoms with E-state index in [1.807, 2.05) is 54.6 Å². The molecule has 15 nitrogen and oxygen atoms in total. The van der Waals surface area contributed by atoms with Crippen LogP contribution in [0.5, 0.6) is 0 Å². The normalized spacial score (nSPS) is 19.8. The van der Waals surface area contributed by atoms with E-state index in [1.54, 1.807) is 124 Å². The number of amides is 3. The number of carbonyl (C=O) groups excluding carboxylic acids is 3. The highest BCUT2D eigenvalue weighted by Gasteiger charge is 2.53. The van der Waals surface area contributed by atoms with Crippen LogP contribution in [0.1, 0.15) is 104 Å². The van der Waals surface area contributed by atoms with Crippen molar-refractivity contribution in [2.75, 3.05) is 20.0 Å². The Labute approximate surface area is 448 Å². The van der Waals surface area contributed by atoms with E-state index in [0.717, 1.165) is 37.9 Å². The van der Waals surface area contributed by atoms with Crippen molar-refractivity contribution in [3.05, 3.63) is 131 Å². The topological polar surface area (TPSA) is 178 Å². The molecule has 2 aromatic heterocycles. The van der Waals surface area contributed by atoms with E-state index in [0.29, 0.717) is 5.56 Å². The lowest BCUT2D eigenvalue weighted by atomic mass is 9.99. The maximum absolute atomic E-state index is 14.0. The van der Waals surface area contributed by atoms with Crippen LogP contribution < -0.4 is 5.32 Å². The number of aliphatic hydroxyl groups is 1. The zero-order valence-electron chi connectivity index (χ0n) is 42.8. The largest absolute Gasteiger partial charge is 0.444 e. The molecular formula is C53H63BrCl2F3N7O8. The predicted octanol–water partition coefficient (Wildman–Crippen LogP) is 11.8. The smallest absolute Gasteiger partial charge is 0.413 e. The van der Waals surface area contributed by atoms with Crippen LogP contribution in [0.4, 0.5) is 22.8 Å². The number of hydrogen-bond acceptors (Lipinski definition) is 12. The molecule has 0 radical (unpaired) electrons. The first kappa shape index (κ1) is 59.4. The quantitative estimate of drug-likeness (QED) is 0.120. The maximum atomic E-state index is 14.0. The molecule has 7 rings (SSSR count). The lowest BCUT2D eigenvalue weighted by Crippen LogP contribution is -2.50. The zero-order chi connectivity index (χ0) is 54.8. The van der Waals surface area contributed by atoms with Crippen LogP contribution in [0.25, 0.3) is 22.3 Å². The number of aliphatic hydroxyl groups excluding tert-OH is 1. The number of hydrogen-bond donors (Lipinski definition) is 2. The van der Waals surface area contributed by atoms with E-state index in [9.17, 15) is 32.7 Å². The predicted molar refractivity (Wildman–Crippen MR) is 279 cm³/mol. The van der Waals surface area contributed by atoms with Crippen molar-refractivity contribution in [1.82, 2.24) is 35.5 Å². The number of alkyl halides is 5. The van der Waals surface area contributed by atoms with Gasteiger partial charge >= 0.3 is 12.2 Å². The van der Waals surface area contributed by atoms with Crippen LogP contribution in [0.15, 0.2) is 114 Å². The highest BCUT2D eigenvalue weighted by Crippen LogP contribution is 2.44. The summed E-state index contributed by atoms with van der Waals surface area (Å²) < 4.78 is 64.8. The van der Waals surface area contributed by atoms with Crippen molar-refractivity contribution in [3.63, 3.8) is 0 Å². The highest BCUT2D eigenvalue weighted by atomic mass is 79.9. The first-order valence-electron chi connectivity index (χ1n) is 23.5. The molecule has 4 heterocycles. The van der Waals surface area contributed by atoms with Gasteiger partial charge in [-0.05, 0) is 121 Å². The minimum Gasteiger partial charge on any atom is -0.444 e. The van der Waals surface area contributed by atoms with E-state index in [1.165, 1.54) is 9.80 Å². The average Bonchev–Trinajstić information content (AvgIpc) is 3.80. The zero-order valence-corrected chi connectivity index (χ0v) is 45.9. The summed E-state index contributed by atoms with van der Waals surface area (Å²) in [6.07, 6.45) is 3.00.